The van der Waals surface area contributed by atoms with Crippen molar-refractivity contribution in [3.8, 4) is 5.75 Å². The predicted octanol–water partition coefficient (Wildman–Crippen LogP) is 4.28. The molecule has 0 radical (unpaired) electrons. The highest BCUT2D eigenvalue weighted by Gasteiger charge is 2.12. The molecule has 0 aliphatic heterocycles. The molecule has 0 heterocycles. The molecule has 2 N–H and O–H groups in total. The summed E-state index contributed by atoms with van der Waals surface area (Å²) < 4.78 is 31.7. The van der Waals surface area contributed by atoms with Gasteiger partial charge in [0, 0.05) is 12.1 Å². The van der Waals surface area contributed by atoms with E-state index in [1.54, 1.807) is 0 Å². The zero-order valence-corrected chi connectivity index (χ0v) is 11.0. The number of halogens is 2. The van der Waals surface area contributed by atoms with Gasteiger partial charge in [-0.25, -0.2) is 8.78 Å². The summed E-state index contributed by atoms with van der Waals surface area (Å²) in [6.45, 7) is 4.03. The Bertz CT molecular complexity index is 382. The van der Waals surface area contributed by atoms with Crippen LogP contribution in [0.4, 0.5) is 14.5 Å². The molecule has 1 atom stereocenters. The first-order chi connectivity index (χ1) is 8.54. The van der Waals surface area contributed by atoms with E-state index in [1.165, 1.54) is 12.8 Å². The lowest BCUT2D eigenvalue weighted by Gasteiger charge is -2.16. The molecule has 102 valence electrons. The molecule has 1 aromatic rings. The van der Waals surface area contributed by atoms with E-state index in [1.807, 2.05) is 6.92 Å². The van der Waals surface area contributed by atoms with E-state index < -0.39 is 11.6 Å². The lowest BCUT2D eigenvalue weighted by atomic mass is 10.1. The Morgan fingerprint density at radius 3 is 2.61 bits per heavy atom. The number of unbranched alkanes of at least 4 members (excludes halogenated alkanes) is 3. The van der Waals surface area contributed by atoms with Crippen molar-refractivity contribution in [3.63, 3.8) is 0 Å². The maximum atomic E-state index is 13.2. The van der Waals surface area contributed by atoms with E-state index in [0.717, 1.165) is 31.4 Å². The van der Waals surface area contributed by atoms with Gasteiger partial charge < -0.3 is 10.5 Å². The van der Waals surface area contributed by atoms with Gasteiger partial charge in [-0.1, -0.05) is 26.2 Å². The summed E-state index contributed by atoms with van der Waals surface area (Å²) in [5.74, 6) is -1.35. The standard InChI is InChI=1S/C14H21F2NO/c1-3-4-5-6-7-10(2)18-13-9-11(15)8-12(16)14(13)17/h8-10H,3-7,17H2,1-2H3. The van der Waals surface area contributed by atoms with Crippen LogP contribution in [0.3, 0.4) is 0 Å². The van der Waals surface area contributed by atoms with Crippen LogP contribution in [0.2, 0.25) is 0 Å². The number of rotatable bonds is 7. The molecule has 0 saturated heterocycles. The molecule has 0 aliphatic carbocycles. The maximum Gasteiger partial charge on any atom is 0.152 e. The summed E-state index contributed by atoms with van der Waals surface area (Å²) in [4.78, 5) is 0. The van der Waals surface area contributed by atoms with Crippen LogP contribution in [0.1, 0.15) is 46.0 Å². The Morgan fingerprint density at radius 2 is 1.94 bits per heavy atom. The van der Waals surface area contributed by atoms with Crippen LogP contribution in [0, 0.1) is 11.6 Å². The van der Waals surface area contributed by atoms with Gasteiger partial charge in [-0.05, 0) is 19.8 Å². The first-order valence-electron chi connectivity index (χ1n) is 6.45. The van der Waals surface area contributed by atoms with E-state index in [9.17, 15) is 8.78 Å². The highest BCUT2D eigenvalue weighted by atomic mass is 19.1. The fraction of sp³-hybridized carbons (Fsp3) is 0.571. The smallest absolute Gasteiger partial charge is 0.152 e. The van der Waals surface area contributed by atoms with Crippen LogP contribution in [0.15, 0.2) is 12.1 Å². The Kier molecular flexibility index (Phi) is 5.89. The second-order valence-electron chi connectivity index (χ2n) is 4.58. The van der Waals surface area contributed by atoms with Crippen molar-refractivity contribution in [1.29, 1.82) is 0 Å². The maximum absolute atomic E-state index is 13.2. The predicted molar refractivity (Wildman–Crippen MR) is 69.6 cm³/mol. The molecule has 0 amide bonds. The largest absolute Gasteiger partial charge is 0.488 e. The van der Waals surface area contributed by atoms with E-state index >= 15 is 0 Å². The molecule has 4 heteroatoms. The number of nitrogen functional groups attached to an aromatic ring is 1. The number of anilines is 1. The molecule has 0 aliphatic rings. The Labute approximate surface area is 107 Å². The third kappa shape index (κ3) is 4.51. The van der Waals surface area contributed by atoms with E-state index in [-0.39, 0.29) is 17.5 Å². The van der Waals surface area contributed by atoms with E-state index in [2.05, 4.69) is 6.92 Å². The van der Waals surface area contributed by atoms with Crippen LogP contribution in [0.25, 0.3) is 0 Å². The van der Waals surface area contributed by atoms with Gasteiger partial charge in [-0.2, -0.15) is 0 Å². The molecule has 0 bridgehead atoms. The van der Waals surface area contributed by atoms with Crippen molar-refractivity contribution in [1.82, 2.24) is 0 Å². The minimum Gasteiger partial charge on any atom is -0.488 e. The number of benzene rings is 1. The van der Waals surface area contributed by atoms with Gasteiger partial charge in [0.25, 0.3) is 0 Å². The second kappa shape index (κ2) is 7.19. The van der Waals surface area contributed by atoms with Crippen LogP contribution in [-0.2, 0) is 0 Å². The summed E-state index contributed by atoms with van der Waals surface area (Å²) in [5, 5.41) is 0. The topological polar surface area (TPSA) is 35.2 Å². The summed E-state index contributed by atoms with van der Waals surface area (Å²) >= 11 is 0. The highest BCUT2D eigenvalue weighted by Crippen LogP contribution is 2.27. The summed E-state index contributed by atoms with van der Waals surface area (Å²) in [7, 11) is 0. The van der Waals surface area contributed by atoms with Crippen LogP contribution in [0.5, 0.6) is 5.75 Å². The van der Waals surface area contributed by atoms with Crippen LogP contribution in [-0.4, -0.2) is 6.10 Å². The Morgan fingerprint density at radius 1 is 1.22 bits per heavy atom. The van der Waals surface area contributed by atoms with Crippen molar-refractivity contribution >= 4 is 5.69 Å². The minimum absolute atomic E-state index is 0.0923. The highest BCUT2D eigenvalue weighted by molar-refractivity contribution is 5.53. The van der Waals surface area contributed by atoms with Crippen molar-refractivity contribution in [2.24, 2.45) is 0 Å². The van der Waals surface area contributed by atoms with Crippen molar-refractivity contribution < 1.29 is 13.5 Å². The monoisotopic (exact) mass is 257 g/mol. The summed E-state index contributed by atoms with van der Waals surface area (Å²) in [6.07, 6.45) is 5.34. The first-order valence-corrected chi connectivity index (χ1v) is 6.45. The molecule has 1 unspecified atom stereocenters. The second-order valence-corrected chi connectivity index (χ2v) is 4.58. The number of nitrogens with two attached hydrogens (primary N) is 1. The van der Waals surface area contributed by atoms with Crippen molar-refractivity contribution in [3.05, 3.63) is 23.8 Å². The lowest BCUT2D eigenvalue weighted by Crippen LogP contribution is -2.13. The average Bonchev–Trinajstić information content (AvgIpc) is 2.31. The molecule has 1 aromatic carbocycles. The number of hydrogen-bond acceptors (Lipinski definition) is 2. The molecular formula is C14H21F2NO. The molecule has 0 aromatic heterocycles. The molecule has 0 saturated carbocycles. The van der Waals surface area contributed by atoms with Gasteiger partial charge in [0.2, 0.25) is 0 Å². The number of hydrogen-bond donors (Lipinski definition) is 1. The fourth-order valence-corrected chi connectivity index (χ4v) is 1.79. The fourth-order valence-electron chi connectivity index (χ4n) is 1.79. The lowest BCUT2D eigenvalue weighted by molar-refractivity contribution is 0.206. The third-order valence-electron chi connectivity index (χ3n) is 2.85. The number of ether oxygens (including phenoxy) is 1. The van der Waals surface area contributed by atoms with Gasteiger partial charge in [-0.3, -0.25) is 0 Å². The molecule has 0 spiro atoms. The molecule has 1 rings (SSSR count). The quantitative estimate of drug-likeness (QED) is 0.584. The molecule has 18 heavy (non-hydrogen) atoms. The van der Waals surface area contributed by atoms with Gasteiger partial charge >= 0.3 is 0 Å². The Balaban J connectivity index is 2.51. The zero-order chi connectivity index (χ0) is 13.5. The first kappa shape index (κ1) is 14.7. The van der Waals surface area contributed by atoms with Crippen LogP contribution < -0.4 is 10.5 Å². The molecular weight excluding hydrogens is 236 g/mol. The van der Waals surface area contributed by atoms with Gasteiger partial charge in [0.1, 0.15) is 17.3 Å². The third-order valence-corrected chi connectivity index (χ3v) is 2.85. The Hall–Kier alpha value is -1.32. The van der Waals surface area contributed by atoms with E-state index in [4.69, 9.17) is 10.5 Å². The zero-order valence-electron chi connectivity index (χ0n) is 11.0. The summed E-state index contributed by atoms with van der Waals surface area (Å²) in [5.41, 5.74) is 5.38. The molecule has 0 fully saturated rings. The normalized spacial score (nSPS) is 12.4. The van der Waals surface area contributed by atoms with Gasteiger partial charge in [-0.15, -0.1) is 0 Å². The van der Waals surface area contributed by atoms with Crippen molar-refractivity contribution in [2.45, 2.75) is 52.1 Å². The minimum atomic E-state index is -0.775. The van der Waals surface area contributed by atoms with E-state index in [0.29, 0.717) is 0 Å². The van der Waals surface area contributed by atoms with Crippen LogP contribution >= 0.6 is 0 Å². The molecule has 2 nitrogen and oxygen atoms in total. The van der Waals surface area contributed by atoms with Crippen molar-refractivity contribution in [2.75, 3.05) is 5.73 Å². The summed E-state index contributed by atoms with van der Waals surface area (Å²) in [6, 6.07) is 1.88. The average molecular weight is 257 g/mol. The van der Waals surface area contributed by atoms with Gasteiger partial charge in [0.15, 0.2) is 5.82 Å². The SMILES string of the molecule is CCCCCCC(C)Oc1cc(F)cc(F)c1N. The van der Waals surface area contributed by atoms with Gasteiger partial charge in [0.05, 0.1) is 6.10 Å².